The third kappa shape index (κ3) is 10.8. The molecule has 0 bridgehead atoms. The predicted molar refractivity (Wildman–Crippen MR) is 127 cm³/mol. The molecular formula is C26H48O6. The van der Waals surface area contributed by atoms with Gasteiger partial charge in [-0.15, -0.1) is 0 Å². The number of hydrogen-bond donors (Lipinski definition) is 0. The number of rotatable bonds is 9. The normalized spacial score (nSPS) is 16.5. The van der Waals surface area contributed by atoms with Gasteiger partial charge in [-0.2, -0.15) is 0 Å². The molecule has 0 aromatic carbocycles. The maximum Gasteiger partial charge on any atom is 0.344 e. The van der Waals surface area contributed by atoms with Crippen molar-refractivity contribution in [3.8, 4) is 0 Å². The molecule has 32 heavy (non-hydrogen) atoms. The van der Waals surface area contributed by atoms with Gasteiger partial charge in [0.1, 0.15) is 5.60 Å². The first-order valence-electron chi connectivity index (χ1n) is 12.5. The molecule has 6 nitrogen and oxygen atoms in total. The van der Waals surface area contributed by atoms with Crippen LogP contribution in [0, 0.1) is 10.8 Å². The lowest BCUT2D eigenvalue weighted by molar-refractivity contribution is -0.173. The van der Waals surface area contributed by atoms with E-state index in [0.717, 1.165) is 25.7 Å². The van der Waals surface area contributed by atoms with E-state index in [9.17, 15) is 14.4 Å². The molecule has 1 rings (SSSR count). The number of carbonyl (C=O) groups excluding carboxylic acids is 3. The van der Waals surface area contributed by atoms with Crippen LogP contribution in [-0.4, -0.2) is 36.7 Å². The van der Waals surface area contributed by atoms with E-state index in [0.29, 0.717) is 13.0 Å². The Bertz CT molecular complexity index is 571. The zero-order valence-electron chi connectivity index (χ0n) is 21.9. The van der Waals surface area contributed by atoms with Crippen LogP contribution in [0.25, 0.3) is 0 Å². The summed E-state index contributed by atoms with van der Waals surface area (Å²) in [5, 5.41) is 0. The van der Waals surface area contributed by atoms with Crippen LogP contribution in [0.4, 0.5) is 0 Å². The van der Waals surface area contributed by atoms with Crippen molar-refractivity contribution in [2.75, 3.05) is 13.2 Å². The second-order valence-electron chi connectivity index (χ2n) is 10.0. The molecule has 0 atom stereocenters. The SMILES string of the molecule is CCC1(OC(=O)C(C)(C)CC)CCCCCCC1.CCOC(=O)COC(=O)C(C)(C)CC. The Kier molecular flexibility index (Phi) is 13.8. The largest absolute Gasteiger partial charge is 0.463 e. The Hall–Kier alpha value is -1.59. The molecule has 0 radical (unpaired) electrons. The maximum absolute atomic E-state index is 12.3. The third-order valence-electron chi connectivity index (χ3n) is 6.72. The monoisotopic (exact) mass is 456 g/mol. The zero-order chi connectivity index (χ0) is 24.8. The highest BCUT2D eigenvalue weighted by molar-refractivity contribution is 5.79. The lowest BCUT2D eigenvalue weighted by atomic mass is 9.83. The first-order chi connectivity index (χ1) is 14.9. The number of hydrogen-bond acceptors (Lipinski definition) is 6. The van der Waals surface area contributed by atoms with E-state index in [1.165, 1.54) is 32.1 Å². The van der Waals surface area contributed by atoms with Crippen molar-refractivity contribution in [3.63, 3.8) is 0 Å². The molecule has 0 N–H and O–H groups in total. The van der Waals surface area contributed by atoms with Gasteiger partial charge >= 0.3 is 17.9 Å². The van der Waals surface area contributed by atoms with Crippen LogP contribution >= 0.6 is 0 Å². The van der Waals surface area contributed by atoms with Gasteiger partial charge in [0, 0.05) is 0 Å². The van der Waals surface area contributed by atoms with E-state index in [2.05, 4.69) is 18.6 Å². The second-order valence-corrected chi connectivity index (χ2v) is 10.0. The standard InChI is InChI=1S/C16H30O2.C10H18O4/c1-5-15(3,4)14(17)18-16(6-2)12-10-8-7-9-11-13-16;1-5-10(3,4)9(12)14-7-8(11)13-6-2/h5-13H2,1-4H3;5-7H2,1-4H3. The number of carbonyl (C=O) groups is 3. The van der Waals surface area contributed by atoms with E-state index >= 15 is 0 Å². The van der Waals surface area contributed by atoms with E-state index < -0.39 is 11.4 Å². The van der Waals surface area contributed by atoms with Crippen molar-refractivity contribution in [2.24, 2.45) is 10.8 Å². The van der Waals surface area contributed by atoms with Crippen LogP contribution < -0.4 is 0 Å². The first-order valence-corrected chi connectivity index (χ1v) is 12.5. The fourth-order valence-corrected chi connectivity index (χ4v) is 3.22. The van der Waals surface area contributed by atoms with Crippen molar-refractivity contribution in [1.29, 1.82) is 0 Å². The molecule has 1 aliphatic rings. The molecule has 0 heterocycles. The second kappa shape index (κ2) is 14.5. The van der Waals surface area contributed by atoms with Crippen LogP contribution in [0.15, 0.2) is 0 Å². The minimum atomic E-state index is -0.535. The Morgan fingerprint density at radius 3 is 1.62 bits per heavy atom. The van der Waals surface area contributed by atoms with Crippen LogP contribution in [-0.2, 0) is 28.6 Å². The molecule has 0 spiro atoms. The number of ether oxygens (including phenoxy) is 3. The predicted octanol–water partition coefficient (Wildman–Crippen LogP) is 6.39. The molecule has 0 aromatic rings. The fraction of sp³-hybridized carbons (Fsp3) is 0.885. The summed E-state index contributed by atoms with van der Waals surface area (Å²) in [5.41, 5.74) is -1.05. The van der Waals surface area contributed by atoms with E-state index in [-0.39, 0.29) is 29.6 Å². The smallest absolute Gasteiger partial charge is 0.344 e. The highest BCUT2D eigenvalue weighted by Gasteiger charge is 2.37. The summed E-state index contributed by atoms with van der Waals surface area (Å²) in [7, 11) is 0. The van der Waals surface area contributed by atoms with Crippen LogP contribution in [0.1, 0.15) is 120 Å². The molecule has 0 unspecified atom stereocenters. The van der Waals surface area contributed by atoms with Gasteiger partial charge in [0.25, 0.3) is 0 Å². The van der Waals surface area contributed by atoms with Gasteiger partial charge in [-0.1, -0.05) is 40.0 Å². The van der Waals surface area contributed by atoms with E-state index in [1.54, 1.807) is 20.8 Å². The summed E-state index contributed by atoms with van der Waals surface area (Å²) in [6, 6.07) is 0. The van der Waals surface area contributed by atoms with Gasteiger partial charge in [-0.3, -0.25) is 9.59 Å². The Labute approximate surface area is 196 Å². The first kappa shape index (κ1) is 30.4. The Morgan fingerprint density at radius 1 is 0.719 bits per heavy atom. The molecular weight excluding hydrogens is 408 g/mol. The Balaban J connectivity index is 0.000000622. The molecule has 0 saturated heterocycles. The topological polar surface area (TPSA) is 78.9 Å². The molecule has 0 aliphatic heterocycles. The molecule has 6 heteroatoms. The fourth-order valence-electron chi connectivity index (χ4n) is 3.22. The highest BCUT2D eigenvalue weighted by Crippen LogP contribution is 2.35. The average Bonchev–Trinajstić information content (AvgIpc) is 2.74. The molecule has 1 fully saturated rings. The van der Waals surface area contributed by atoms with Crippen LogP contribution in [0.2, 0.25) is 0 Å². The molecule has 188 valence electrons. The van der Waals surface area contributed by atoms with Crippen molar-refractivity contribution in [1.82, 2.24) is 0 Å². The molecule has 1 aliphatic carbocycles. The zero-order valence-corrected chi connectivity index (χ0v) is 21.9. The van der Waals surface area contributed by atoms with Crippen molar-refractivity contribution < 1.29 is 28.6 Å². The minimum Gasteiger partial charge on any atom is -0.463 e. The summed E-state index contributed by atoms with van der Waals surface area (Å²) < 4.78 is 15.4. The lowest BCUT2D eigenvalue weighted by Crippen LogP contribution is -2.40. The molecule has 0 aromatic heterocycles. The summed E-state index contributed by atoms with van der Waals surface area (Å²) in [6.45, 7) is 15.3. The van der Waals surface area contributed by atoms with Crippen LogP contribution in [0.3, 0.4) is 0 Å². The summed E-state index contributed by atoms with van der Waals surface area (Å²) in [4.78, 5) is 34.5. The van der Waals surface area contributed by atoms with E-state index in [4.69, 9.17) is 9.47 Å². The summed E-state index contributed by atoms with van der Waals surface area (Å²) in [6.07, 6.45) is 10.9. The van der Waals surface area contributed by atoms with Gasteiger partial charge in [-0.25, -0.2) is 4.79 Å². The average molecular weight is 457 g/mol. The van der Waals surface area contributed by atoms with Gasteiger partial charge in [0.15, 0.2) is 6.61 Å². The highest BCUT2D eigenvalue weighted by atomic mass is 16.6. The molecule has 1 saturated carbocycles. The maximum atomic E-state index is 12.3. The van der Waals surface area contributed by atoms with Gasteiger partial charge in [0.2, 0.25) is 0 Å². The van der Waals surface area contributed by atoms with Crippen LogP contribution in [0.5, 0.6) is 0 Å². The van der Waals surface area contributed by atoms with Gasteiger partial charge in [-0.05, 0) is 79.6 Å². The third-order valence-corrected chi connectivity index (χ3v) is 6.72. The summed E-state index contributed by atoms with van der Waals surface area (Å²) in [5.74, 6) is -0.881. The quantitative estimate of drug-likeness (QED) is 0.295. The van der Waals surface area contributed by atoms with E-state index in [1.807, 2.05) is 20.8 Å². The Morgan fingerprint density at radius 2 is 1.19 bits per heavy atom. The van der Waals surface area contributed by atoms with Crippen molar-refractivity contribution in [3.05, 3.63) is 0 Å². The van der Waals surface area contributed by atoms with Crippen molar-refractivity contribution in [2.45, 2.75) is 125 Å². The van der Waals surface area contributed by atoms with Gasteiger partial charge < -0.3 is 14.2 Å². The summed E-state index contributed by atoms with van der Waals surface area (Å²) >= 11 is 0. The number of esters is 3. The lowest BCUT2D eigenvalue weighted by Gasteiger charge is -2.37. The van der Waals surface area contributed by atoms with Gasteiger partial charge in [0.05, 0.1) is 17.4 Å². The van der Waals surface area contributed by atoms with Crippen molar-refractivity contribution >= 4 is 17.9 Å². The molecule has 0 amide bonds. The minimum absolute atomic E-state index is 0.00702.